The van der Waals surface area contributed by atoms with Crippen molar-refractivity contribution in [2.75, 3.05) is 40.5 Å². The summed E-state index contributed by atoms with van der Waals surface area (Å²) in [5.74, 6) is 0.0520. The number of hydrogen-bond acceptors (Lipinski definition) is 5. The largest absolute Gasteiger partial charge is 0.383 e. The fraction of sp³-hybridized carbons (Fsp3) is 0.562. The molecule has 1 saturated heterocycles. The quantitative estimate of drug-likeness (QED) is 0.747. The molecule has 2 atom stereocenters. The summed E-state index contributed by atoms with van der Waals surface area (Å²) >= 11 is 6.04. The van der Waals surface area contributed by atoms with Crippen LogP contribution in [0.15, 0.2) is 24.3 Å². The third-order valence-electron chi connectivity index (χ3n) is 3.89. The summed E-state index contributed by atoms with van der Waals surface area (Å²) in [5.41, 5.74) is 7.34. The second-order valence-corrected chi connectivity index (χ2v) is 5.93. The van der Waals surface area contributed by atoms with Crippen LogP contribution in [0.4, 0.5) is 0 Å². The number of methoxy groups -OCH3 is 2. The van der Waals surface area contributed by atoms with E-state index in [2.05, 4.69) is 10.9 Å². The molecule has 1 fully saturated rings. The van der Waals surface area contributed by atoms with Crippen molar-refractivity contribution in [1.29, 1.82) is 0 Å². The van der Waals surface area contributed by atoms with Crippen LogP contribution in [-0.4, -0.2) is 57.4 Å². The van der Waals surface area contributed by atoms with Gasteiger partial charge in [0.2, 0.25) is 5.91 Å². The maximum Gasteiger partial charge on any atom is 0.241 e. The van der Waals surface area contributed by atoms with Crippen molar-refractivity contribution in [3.05, 3.63) is 34.9 Å². The van der Waals surface area contributed by atoms with E-state index in [9.17, 15) is 4.79 Å². The number of carbonyl (C=O) groups excluding carboxylic acids is 1. The van der Waals surface area contributed by atoms with Gasteiger partial charge in [0.1, 0.15) is 6.04 Å². The Labute approximate surface area is 142 Å². The highest BCUT2D eigenvalue weighted by molar-refractivity contribution is 6.30. The molecule has 1 aliphatic rings. The highest BCUT2D eigenvalue weighted by Gasteiger charge is 2.32. The smallest absolute Gasteiger partial charge is 0.241 e. The summed E-state index contributed by atoms with van der Waals surface area (Å²) in [6, 6.07) is 7.47. The number of nitrogens with one attached hydrogen (secondary N) is 2. The number of ether oxygens (including phenoxy) is 2. The molecule has 23 heavy (non-hydrogen) atoms. The third kappa shape index (κ3) is 5.16. The van der Waals surface area contributed by atoms with Crippen molar-refractivity contribution >= 4 is 17.5 Å². The lowest BCUT2D eigenvalue weighted by molar-refractivity contribution is -0.134. The first kappa shape index (κ1) is 18.2. The number of nitrogens with zero attached hydrogens (tertiary/aromatic N) is 1. The van der Waals surface area contributed by atoms with E-state index in [4.69, 9.17) is 21.1 Å². The van der Waals surface area contributed by atoms with Gasteiger partial charge in [-0.25, -0.2) is 10.9 Å². The maximum absolute atomic E-state index is 12.7. The zero-order valence-electron chi connectivity index (χ0n) is 13.5. The van der Waals surface area contributed by atoms with Gasteiger partial charge in [-0.1, -0.05) is 23.7 Å². The van der Waals surface area contributed by atoms with Crippen LogP contribution in [0.25, 0.3) is 0 Å². The van der Waals surface area contributed by atoms with Gasteiger partial charge in [-0.05, 0) is 24.1 Å². The Hall–Kier alpha value is -1.18. The predicted molar refractivity (Wildman–Crippen MR) is 89.2 cm³/mol. The van der Waals surface area contributed by atoms with E-state index in [1.807, 2.05) is 24.3 Å². The molecule has 0 saturated carbocycles. The highest BCUT2D eigenvalue weighted by atomic mass is 35.5. The predicted octanol–water partition coefficient (Wildman–Crippen LogP) is 1.37. The molecule has 0 aromatic heterocycles. The number of benzene rings is 1. The van der Waals surface area contributed by atoms with Crippen LogP contribution in [0.2, 0.25) is 5.02 Å². The molecule has 7 heteroatoms. The Morgan fingerprint density at radius 2 is 1.96 bits per heavy atom. The number of rotatable bonds is 8. The first-order chi connectivity index (χ1) is 11.2. The van der Waals surface area contributed by atoms with Crippen LogP contribution in [0, 0.1) is 0 Å². The summed E-state index contributed by atoms with van der Waals surface area (Å²) in [5, 5.41) is 0.695. The zero-order chi connectivity index (χ0) is 16.7. The lowest BCUT2D eigenvalue weighted by atomic mass is 10.0. The molecule has 1 amide bonds. The van der Waals surface area contributed by atoms with E-state index in [0.29, 0.717) is 37.7 Å². The van der Waals surface area contributed by atoms with Crippen LogP contribution in [-0.2, 0) is 14.3 Å². The minimum absolute atomic E-state index is 0.0520. The van der Waals surface area contributed by atoms with Crippen LogP contribution in [0.5, 0.6) is 0 Å². The molecule has 1 aromatic rings. The van der Waals surface area contributed by atoms with Crippen LogP contribution in [0.3, 0.4) is 0 Å². The molecule has 1 heterocycles. The average Bonchev–Trinajstić information content (AvgIpc) is 3.04. The number of halogens is 1. The molecule has 0 spiro atoms. The minimum atomic E-state index is -0.271. The Balaban J connectivity index is 1.96. The molecule has 2 N–H and O–H groups in total. The summed E-state index contributed by atoms with van der Waals surface area (Å²) in [6.45, 7) is 2.12. The summed E-state index contributed by atoms with van der Waals surface area (Å²) in [7, 11) is 3.26. The highest BCUT2D eigenvalue weighted by Crippen LogP contribution is 2.25. The average molecular weight is 342 g/mol. The van der Waals surface area contributed by atoms with E-state index >= 15 is 0 Å². The molecule has 0 radical (unpaired) electrons. The SMILES string of the molecule is COCCN(CCOC)C(=O)C1CC(c2cccc(Cl)c2)NN1. The van der Waals surface area contributed by atoms with Gasteiger partial charge in [0.25, 0.3) is 0 Å². The Morgan fingerprint density at radius 1 is 1.26 bits per heavy atom. The van der Waals surface area contributed by atoms with Gasteiger partial charge < -0.3 is 14.4 Å². The van der Waals surface area contributed by atoms with Crippen molar-refractivity contribution in [1.82, 2.24) is 15.8 Å². The number of amides is 1. The van der Waals surface area contributed by atoms with Crippen molar-refractivity contribution in [2.45, 2.75) is 18.5 Å². The number of hydrogen-bond donors (Lipinski definition) is 2. The standard InChI is InChI=1S/C16H24ClN3O3/c1-22-8-6-20(7-9-23-2)16(21)15-11-14(18-19-15)12-4-3-5-13(17)10-12/h3-5,10,14-15,18-19H,6-9,11H2,1-2H3. The molecule has 1 aliphatic heterocycles. The van der Waals surface area contributed by atoms with E-state index in [-0.39, 0.29) is 18.0 Å². The molecule has 6 nitrogen and oxygen atoms in total. The fourth-order valence-electron chi connectivity index (χ4n) is 2.62. The molecule has 2 rings (SSSR count). The first-order valence-corrected chi connectivity index (χ1v) is 8.06. The second kappa shape index (κ2) is 9.20. The lowest BCUT2D eigenvalue weighted by Gasteiger charge is -2.25. The maximum atomic E-state index is 12.7. The fourth-order valence-corrected chi connectivity index (χ4v) is 2.81. The molecule has 128 valence electrons. The van der Waals surface area contributed by atoms with Gasteiger partial charge in [0.15, 0.2) is 0 Å². The van der Waals surface area contributed by atoms with Gasteiger partial charge in [-0.3, -0.25) is 4.79 Å². The van der Waals surface area contributed by atoms with Gasteiger partial charge in [0, 0.05) is 38.4 Å². The van der Waals surface area contributed by atoms with Gasteiger partial charge in [-0.15, -0.1) is 0 Å². The Bertz CT molecular complexity index is 507. The summed E-state index contributed by atoms with van der Waals surface area (Å²) < 4.78 is 10.2. The van der Waals surface area contributed by atoms with Crippen LogP contribution >= 0.6 is 11.6 Å². The zero-order valence-corrected chi connectivity index (χ0v) is 14.3. The normalized spacial score (nSPS) is 20.7. The molecule has 1 aromatic carbocycles. The minimum Gasteiger partial charge on any atom is -0.383 e. The number of carbonyl (C=O) groups is 1. The Morgan fingerprint density at radius 3 is 2.57 bits per heavy atom. The van der Waals surface area contributed by atoms with Crippen molar-refractivity contribution < 1.29 is 14.3 Å². The topological polar surface area (TPSA) is 62.8 Å². The molecule has 2 unspecified atom stereocenters. The number of hydrazine groups is 1. The van der Waals surface area contributed by atoms with Crippen LogP contribution < -0.4 is 10.9 Å². The summed E-state index contributed by atoms with van der Waals surface area (Å²) in [6.07, 6.45) is 0.676. The van der Waals surface area contributed by atoms with Crippen molar-refractivity contribution in [2.24, 2.45) is 0 Å². The van der Waals surface area contributed by atoms with E-state index in [0.717, 1.165) is 5.56 Å². The van der Waals surface area contributed by atoms with E-state index < -0.39 is 0 Å². The molecular weight excluding hydrogens is 318 g/mol. The molecule has 0 bridgehead atoms. The van der Waals surface area contributed by atoms with Gasteiger partial charge in [0.05, 0.1) is 13.2 Å². The second-order valence-electron chi connectivity index (χ2n) is 5.50. The molecular formula is C16H24ClN3O3. The third-order valence-corrected chi connectivity index (χ3v) is 4.13. The van der Waals surface area contributed by atoms with E-state index in [1.54, 1.807) is 19.1 Å². The lowest BCUT2D eigenvalue weighted by Crippen LogP contribution is -2.47. The monoisotopic (exact) mass is 341 g/mol. The first-order valence-electron chi connectivity index (χ1n) is 7.69. The molecule has 0 aliphatic carbocycles. The van der Waals surface area contributed by atoms with Crippen molar-refractivity contribution in [3.63, 3.8) is 0 Å². The van der Waals surface area contributed by atoms with Gasteiger partial charge >= 0.3 is 0 Å². The van der Waals surface area contributed by atoms with Gasteiger partial charge in [-0.2, -0.15) is 0 Å². The van der Waals surface area contributed by atoms with Crippen LogP contribution in [0.1, 0.15) is 18.0 Å². The summed E-state index contributed by atoms with van der Waals surface area (Å²) in [4.78, 5) is 14.5. The van der Waals surface area contributed by atoms with E-state index in [1.165, 1.54) is 0 Å². The Kier molecular flexibility index (Phi) is 7.26. The van der Waals surface area contributed by atoms with Crippen molar-refractivity contribution in [3.8, 4) is 0 Å².